The van der Waals surface area contributed by atoms with Crippen molar-refractivity contribution in [1.82, 2.24) is 5.32 Å². The molecule has 0 saturated carbocycles. The number of nitrogens with one attached hydrogen (secondary N) is 1. The van der Waals surface area contributed by atoms with Crippen LogP contribution >= 0.6 is 11.8 Å². The van der Waals surface area contributed by atoms with E-state index < -0.39 is 0 Å². The lowest BCUT2D eigenvalue weighted by Crippen LogP contribution is -2.24. The molecule has 0 heterocycles. The van der Waals surface area contributed by atoms with Crippen molar-refractivity contribution in [2.75, 3.05) is 18.1 Å². The minimum atomic E-state index is -0.151. The first-order valence-electron chi connectivity index (χ1n) is 5.84. The second kappa shape index (κ2) is 7.69. The number of halogens is 1. The Morgan fingerprint density at radius 2 is 2.19 bits per heavy atom. The second-order valence-corrected chi connectivity index (χ2v) is 5.04. The summed E-state index contributed by atoms with van der Waals surface area (Å²) in [5.41, 5.74) is 1.05. The highest BCUT2D eigenvalue weighted by Crippen LogP contribution is 2.19. The highest BCUT2D eigenvalue weighted by atomic mass is 32.2. The summed E-state index contributed by atoms with van der Waals surface area (Å²) in [6.45, 7) is 5.27. The van der Waals surface area contributed by atoms with Crippen molar-refractivity contribution in [3.8, 4) is 0 Å². The van der Waals surface area contributed by atoms with E-state index in [9.17, 15) is 4.39 Å². The van der Waals surface area contributed by atoms with Gasteiger partial charge in [-0.1, -0.05) is 26.0 Å². The highest BCUT2D eigenvalue weighted by Gasteiger charge is 2.10. The molecule has 0 bridgehead atoms. The molecule has 1 atom stereocenters. The minimum absolute atomic E-state index is 0.151. The fourth-order valence-electron chi connectivity index (χ4n) is 1.55. The first kappa shape index (κ1) is 13.5. The third-order valence-corrected chi connectivity index (χ3v) is 3.36. The Morgan fingerprint density at radius 3 is 2.81 bits per heavy atom. The Balaban J connectivity index is 2.66. The van der Waals surface area contributed by atoms with E-state index in [0.717, 1.165) is 30.0 Å². The zero-order valence-corrected chi connectivity index (χ0v) is 10.8. The molecule has 1 N–H and O–H groups in total. The van der Waals surface area contributed by atoms with Crippen LogP contribution in [0.15, 0.2) is 24.3 Å². The third-order valence-electron chi connectivity index (χ3n) is 2.38. The summed E-state index contributed by atoms with van der Waals surface area (Å²) in [6.07, 6.45) is 1.10. The standard InChI is InChI=1S/C13H20FNS/c1-3-8-15-13(10-16-4-2)11-6-5-7-12(14)9-11/h5-7,9,13,15H,3-4,8,10H2,1-2H3. The molecule has 1 nitrogen and oxygen atoms in total. The van der Waals surface area contributed by atoms with Gasteiger partial charge in [0, 0.05) is 11.8 Å². The van der Waals surface area contributed by atoms with Crippen LogP contribution in [-0.2, 0) is 0 Å². The summed E-state index contributed by atoms with van der Waals surface area (Å²) in [6, 6.07) is 7.16. The highest BCUT2D eigenvalue weighted by molar-refractivity contribution is 7.99. The zero-order chi connectivity index (χ0) is 11.8. The van der Waals surface area contributed by atoms with E-state index in [1.807, 2.05) is 17.8 Å². The minimum Gasteiger partial charge on any atom is -0.309 e. The largest absolute Gasteiger partial charge is 0.309 e. The molecule has 0 aromatic heterocycles. The number of hydrogen-bond acceptors (Lipinski definition) is 2. The van der Waals surface area contributed by atoms with Crippen molar-refractivity contribution in [3.05, 3.63) is 35.6 Å². The lowest BCUT2D eigenvalue weighted by molar-refractivity contribution is 0.568. The third kappa shape index (κ3) is 4.54. The summed E-state index contributed by atoms with van der Waals surface area (Å²) >= 11 is 1.88. The first-order chi connectivity index (χ1) is 7.77. The predicted molar refractivity (Wildman–Crippen MR) is 70.4 cm³/mol. The van der Waals surface area contributed by atoms with Gasteiger partial charge in [-0.15, -0.1) is 0 Å². The van der Waals surface area contributed by atoms with Crippen LogP contribution in [0.3, 0.4) is 0 Å². The van der Waals surface area contributed by atoms with Crippen LogP contribution in [0.25, 0.3) is 0 Å². The molecule has 0 radical (unpaired) electrons. The van der Waals surface area contributed by atoms with Crippen molar-refractivity contribution >= 4 is 11.8 Å². The molecule has 0 saturated heterocycles. The van der Waals surface area contributed by atoms with E-state index in [-0.39, 0.29) is 11.9 Å². The van der Waals surface area contributed by atoms with Gasteiger partial charge < -0.3 is 5.32 Å². The number of benzene rings is 1. The molecule has 1 rings (SSSR count). The topological polar surface area (TPSA) is 12.0 Å². The predicted octanol–water partition coefficient (Wildman–Crippen LogP) is 3.62. The van der Waals surface area contributed by atoms with Crippen LogP contribution in [0.2, 0.25) is 0 Å². The van der Waals surface area contributed by atoms with Crippen molar-refractivity contribution in [2.24, 2.45) is 0 Å². The van der Waals surface area contributed by atoms with Crippen molar-refractivity contribution < 1.29 is 4.39 Å². The van der Waals surface area contributed by atoms with E-state index in [0.29, 0.717) is 0 Å². The summed E-state index contributed by atoms with van der Waals surface area (Å²) in [5.74, 6) is 1.95. The summed E-state index contributed by atoms with van der Waals surface area (Å²) in [5, 5.41) is 3.46. The van der Waals surface area contributed by atoms with Gasteiger partial charge in [0.1, 0.15) is 5.82 Å². The van der Waals surface area contributed by atoms with Gasteiger partial charge in [0.15, 0.2) is 0 Å². The van der Waals surface area contributed by atoms with Gasteiger partial charge in [-0.2, -0.15) is 11.8 Å². The maximum Gasteiger partial charge on any atom is 0.123 e. The van der Waals surface area contributed by atoms with Crippen LogP contribution in [0, 0.1) is 5.82 Å². The maximum atomic E-state index is 13.1. The Morgan fingerprint density at radius 1 is 1.38 bits per heavy atom. The van der Waals surface area contributed by atoms with Crippen LogP contribution in [0.1, 0.15) is 31.9 Å². The molecule has 3 heteroatoms. The smallest absolute Gasteiger partial charge is 0.123 e. The average Bonchev–Trinajstić information content (AvgIpc) is 2.29. The fourth-order valence-corrected chi connectivity index (χ4v) is 2.33. The van der Waals surface area contributed by atoms with Gasteiger partial charge in [-0.25, -0.2) is 4.39 Å². The van der Waals surface area contributed by atoms with Crippen LogP contribution in [-0.4, -0.2) is 18.1 Å². The number of hydrogen-bond donors (Lipinski definition) is 1. The van der Waals surface area contributed by atoms with E-state index >= 15 is 0 Å². The molecule has 0 fully saturated rings. The zero-order valence-electron chi connectivity index (χ0n) is 10.0. The normalized spacial score (nSPS) is 12.7. The Bertz CT molecular complexity index is 296. The van der Waals surface area contributed by atoms with E-state index in [1.165, 1.54) is 6.07 Å². The maximum absolute atomic E-state index is 13.1. The molecule has 0 spiro atoms. The molecule has 0 aliphatic heterocycles. The van der Waals surface area contributed by atoms with Gasteiger partial charge in [-0.05, 0) is 36.4 Å². The van der Waals surface area contributed by atoms with Crippen LogP contribution in [0.4, 0.5) is 4.39 Å². The van der Waals surface area contributed by atoms with Gasteiger partial charge in [-0.3, -0.25) is 0 Å². The molecule has 1 aromatic carbocycles. The van der Waals surface area contributed by atoms with E-state index in [1.54, 1.807) is 12.1 Å². The molecule has 1 unspecified atom stereocenters. The molecule has 0 aliphatic carbocycles. The fraction of sp³-hybridized carbons (Fsp3) is 0.538. The Hall–Kier alpha value is -0.540. The first-order valence-corrected chi connectivity index (χ1v) is 7.00. The molecule has 0 amide bonds. The monoisotopic (exact) mass is 241 g/mol. The van der Waals surface area contributed by atoms with Gasteiger partial charge in [0.25, 0.3) is 0 Å². The molecule has 90 valence electrons. The molecule has 16 heavy (non-hydrogen) atoms. The Kier molecular flexibility index (Phi) is 6.50. The van der Waals surface area contributed by atoms with Crippen LogP contribution in [0.5, 0.6) is 0 Å². The Labute approximate surface area is 102 Å². The lowest BCUT2D eigenvalue weighted by Gasteiger charge is -2.18. The molecule has 1 aromatic rings. The number of rotatable bonds is 7. The van der Waals surface area contributed by atoms with Crippen molar-refractivity contribution in [3.63, 3.8) is 0 Å². The quantitative estimate of drug-likeness (QED) is 0.782. The summed E-state index contributed by atoms with van der Waals surface area (Å²) in [4.78, 5) is 0. The summed E-state index contributed by atoms with van der Waals surface area (Å²) in [7, 11) is 0. The molecular formula is C13H20FNS. The second-order valence-electron chi connectivity index (χ2n) is 3.72. The van der Waals surface area contributed by atoms with Gasteiger partial charge in [0.2, 0.25) is 0 Å². The SMILES string of the molecule is CCCNC(CSCC)c1cccc(F)c1. The van der Waals surface area contributed by atoms with Crippen LogP contribution < -0.4 is 5.32 Å². The molecule has 0 aliphatic rings. The average molecular weight is 241 g/mol. The van der Waals surface area contributed by atoms with Gasteiger partial charge in [0.05, 0.1) is 0 Å². The van der Waals surface area contributed by atoms with Crippen molar-refractivity contribution in [2.45, 2.75) is 26.3 Å². The van der Waals surface area contributed by atoms with Crippen molar-refractivity contribution in [1.29, 1.82) is 0 Å². The molecular weight excluding hydrogens is 221 g/mol. The van der Waals surface area contributed by atoms with Gasteiger partial charge >= 0.3 is 0 Å². The number of thioether (sulfide) groups is 1. The van der Waals surface area contributed by atoms with E-state index in [4.69, 9.17) is 0 Å². The lowest BCUT2D eigenvalue weighted by atomic mass is 10.1. The van der Waals surface area contributed by atoms with E-state index in [2.05, 4.69) is 19.2 Å². The summed E-state index contributed by atoms with van der Waals surface area (Å²) < 4.78 is 13.1.